The van der Waals surface area contributed by atoms with E-state index in [2.05, 4.69) is 6.92 Å². The Bertz CT molecular complexity index is 237. The molecule has 0 heterocycles. The summed E-state index contributed by atoms with van der Waals surface area (Å²) >= 11 is 12.9. The summed E-state index contributed by atoms with van der Waals surface area (Å²) in [5.41, 5.74) is 0. The summed E-state index contributed by atoms with van der Waals surface area (Å²) in [4.78, 5) is 0. The molecule has 21 heavy (non-hydrogen) atoms. The van der Waals surface area contributed by atoms with Crippen molar-refractivity contribution in [1.82, 2.24) is 0 Å². The fourth-order valence-corrected chi connectivity index (χ4v) is 7.03. The van der Waals surface area contributed by atoms with Gasteiger partial charge in [0.05, 0.1) is 0 Å². The molecule has 3 heteroatoms. The molecular weight excluding hydrogens is 315 g/mol. The van der Waals surface area contributed by atoms with Crippen LogP contribution < -0.4 is 0 Å². The summed E-state index contributed by atoms with van der Waals surface area (Å²) in [6.07, 6.45) is 22.2. The summed E-state index contributed by atoms with van der Waals surface area (Å²) in [6, 6.07) is 0. The lowest BCUT2D eigenvalue weighted by molar-refractivity contribution is 0.344. The second-order valence-corrected chi connectivity index (χ2v) is 12.3. The summed E-state index contributed by atoms with van der Waals surface area (Å²) in [6.45, 7) is 2.29. The largest absolute Gasteiger partial charge is 0.243 e. The van der Waals surface area contributed by atoms with Crippen LogP contribution in [-0.4, -0.2) is 7.42 Å². The third kappa shape index (κ3) is 8.28. The first-order valence-corrected chi connectivity index (χ1v) is 13.6. The normalized spacial score (nSPS) is 18.3. The van der Waals surface area contributed by atoms with E-state index >= 15 is 0 Å². The predicted octanol–water partition coefficient (Wildman–Crippen LogP) is 7.70. The molecule has 0 N–H and O–H groups in total. The SMILES string of the molecule is CCCCCCCCCCCCC1([SiH](Cl)Cl)CCCCC1. The standard InChI is InChI=1S/C18H36Cl2Si/c1-2-3-4-5-6-7-8-9-10-12-15-18(21(19)20)16-13-11-14-17-18/h21H,2-17H2,1H3. The molecule has 0 aliphatic heterocycles. The zero-order chi connectivity index (χ0) is 15.4. The highest BCUT2D eigenvalue weighted by Crippen LogP contribution is 2.51. The Morgan fingerprint density at radius 3 is 1.67 bits per heavy atom. The van der Waals surface area contributed by atoms with Crippen LogP contribution in [-0.2, 0) is 0 Å². The van der Waals surface area contributed by atoms with Gasteiger partial charge in [-0.05, 0) is 24.3 Å². The van der Waals surface area contributed by atoms with Gasteiger partial charge in [-0.15, -0.1) is 22.2 Å². The number of halogens is 2. The van der Waals surface area contributed by atoms with Crippen LogP contribution in [0.2, 0.25) is 5.04 Å². The maximum atomic E-state index is 6.44. The molecule has 0 nitrogen and oxygen atoms in total. The molecule has 1 rings (SSSR count). The van der Waals surface area contributed by atoms with Crippen molar-refractivity contribution in [3.63, 3.8) is 0 Å². The van der Waals surface area contributed by atoms with E-state index in [1.165, 1.54) is 103 Å². The summed E-state index contributed by atoms with van der Waals surface area (Å²) in [7, 11) is -1.52. The molecule has 0 unspecified atom stereocenters. The predicted molar refractivity (Wildman–Crippen MR) is 101 cm³/mol. The average molecular weight is 351 g/mol. The van der Waals surface area contributed by atoms with Gasteiger partial charge in [-0.25, -0.2) is 0 Å². The molecule has 1 aliphatic carbocycles. The topological polar surface area (TPSA) is 0 Å². The van der Waals surface area contributed by atoms with Crippen molar-refractivity contribution in [1.29, 1.82) is 0 Å². The van der Waals surface area contributed by atoms with Gasteiger partial charge in [0.1, 0.15) is 0 Å². The maximum absolute atomic E-state index is 6.44. The molecule has 1 fully saturated rings. The molecule has 1 aliphatic rings. The monoisotopic (exact) mass is 350 g/mol. The first kappa shape index (κ1) is 19.8. The minimum atomic E-state index is -1.52. The summed E-state index contributed by atoms with van der Waals surface area (Å²) in [5.74, 6) is 0. The van der Waals surface area contributed by atoms with Crippen molar-refractivity contribution in [2.45, 2.75) is 115 Å². The Labute approximate surface area is 144 Å². The van der Waals surface area contributed by atoms with E-state index in [9.17, 15) is 0 Å². The minimum absolute atomic E-state index is 0.390. The number of hydrogen-bond donors (Lipinski definition) is 0. The second kappa shape index (κ2) is 12.2. The van der Waals surface area contributed by atoms with E-state index < -0.39 is 7.42 Å². The van der Waals surface area contributed by atoms with Gasteiger partial charge in [0.2, 0.25) is 7.42 Å². The van der Waals surface area contributed by atoms with Crippen LogP contribution in [0.1, 0.15) is 110 Å². The highest BCUT2D eigenvalue weighted by atomic mass is 35.7. The van der Waals surface area contributed by atoms with Gasteiger partial charge in [-0.3, -0.25) is 0 Å². The summed E-state index contributed by atoms with van der Waals surface area (Å²) < 4.78 is 0. The van der Waals surface area contributed by atoms with Crippen molar-refractivity contribution in [3.8, 4) is 0 Å². The lowest BCUT2D eigenvalue weighted by Crippen LogP contribution is -2.27. The number of unbranched alkanes of at least 4 members (excludes halogenated alkanes) is 9. The zero-order valence-electron chi connectivity index (χ0n) is 14.1. The van der Waals surface area contributed by atoms with E-state index in [-0.39, 0.29) is 0 Å². The van der Waals surface area contributed by atoms with Gasteiger partial charge >= 0.3 is 0 Å². The minimum Gasteiger partial charge on any atom is -0.150 e. The van der Waals surface area contributed by atoms with Crippen molar-refractivity contribution < 1.29 is 0 Å². The van der Waals surface area contributed by atoms with Gasteiger partial charge in [0, 0.05) is 0 Å². The molecule has 0 radical (unpaired) electrons. The van der Waals surface area contributed by atoms with Crippen LogP contribution in [0, 0.1) is 0 Å². The highest BCUT2D eigenvalue weighted by molar-refractivity contribution is 7.35. The van der Waals surface area contributed by atoms with Crippen LogP contribution in [0.5, 0.6) is 0 Å². The number of hydrogen-bond acceptors (Lipinski definition) is 0. The first-order chi connectivity index (χ1) is 10.2. The molecule has 0 aromatic carbocycles. The summed E-state index contributed by atoms with van der Waals surface area (Å²) in [5, 5.41) is 0.390. The second-order valence-electron chi connectivity index (χ2n) is 7.16. The van der Waals surface area contributed by atoms with E-state index in [1.54, 1.807) is 0 Å². The lowest BCUT2D eigenvalue weighted by atomic mass is 9.84. The van der Waals surface area contributed by atoms with Crippen LogP contribution in [0.15, 0.2) is 0 Å². The van der Waals surface area contributed by atoms with Crippen LogP contribution in [0.3, 0.4) is 0 Å². The molecule has 0 amide bonds. The Hall–Kier alpha value is 0.797. The highest BCUT2D eigenvalue weighted by Gasteiger charge is 2.38. The molecule has 0 atom stereocenters. The molecule has 0 saturated heterocycles. The third-order valence-electron chi connectivity index (χ3n) is 5.34. The third-order valence-corrected chi connectivity index (χ3v) is 9.91. The average Bonchev–Trinajstić information content (AvgIpc) is 2.50. The van der Waals surface area contributed by atoms with Gasteiger partial charge in [0.25, 0.3) is 0 Å². The van der Waals surface area contributed by atoms with Crippen molar-refractivity contribution in [3.05, 3.63) is 0 Å². The van der Waals surface area contributed by atoms with E-state index in [4.69, 9.17) is 22.2 Å². The Morgan fingerprint density at radius 1 is 0.714 bits per heavy atom. The maximum Gasteiger partial charge on any atom is 0.243 e. The lowest BCUT2D eigenvalue weighted by Gasteiger charge is -2.37. The molecule has 0 aromatic heterocycles. The smallest absolute Gasteiger partial charge is 0.150 e. The molecular formula is C18H36Cl2Si. The van der Waals surface area contributed by atoms with Gasteiger partial charge in [-0.2, -0.15) is 0 Å². The van der Waals surface area contributed by atoms with Crippen LogP contribution >= 0.6 is 22.2 Å². The van der Waals surface area contributed by atoms with Crippen molar-refractivity contribution in [2.75, 3.05) is 0 Å². The van der Waals surface area contributed by atoms with E-state index in [1.807, 2.05) is 0 Å². The van der Waals surface area contributed by atoms with Crippen LogP contribution in [0.25, 0.3) is 0 Å². The van der Waals surface area contributed by atoms with E-state index in [0.29, 0.717) is 5.04 Å². The van der Waals surface area contributed by atoms with Gasteiger partial charge < -0.3 is 0 Å². The molecule has 0 spiro atoms. The fraction of sp³-hybridized carbons (Fsp3) is 1.00. The molecule has 0 bridgehead atoms. The zero-order valence-corrected chi connectivity index (χ0v) is 16.8. The Balaban J connectivity index is 1.99. The fourth-order valence-electron chi connectivity index (χ4n) is 3.80. The molecule has 1 saturated carbocycles. The Kier molecular flexibility index (Phi) is 11.6. The quantitative estimate of drug-likeness (QED) is 0.192. The first-order valence-electron chi connectivity index (χ1n) is 9.49. The Morgan fingerprint density at radius 2 is 1.19 bits per heavy atom. The van der Waals surface area contributed by atoms with E-state index in [0.717, 1.165) is 0 Å². The van der Waals surface area contributed by atoms with Gasteiger partial charge in [0.15, 0.2) is 0 Å². The van der Waals surface area contributed by atoms with Crippen molar-refractivity contribution in [2.24, 2.45) is 0 Å². The molecule has 126 valence electrons. The van der Waals surface area contributed by atoms with Crippen LogP contribution in [0.4, 0.5) is 0 Å². The number of rotatable bonds is 12. The van der Waals surface area contributed by atoms with Crippen molar-refractivity contribution >= 4 is 29.6 Å². The van der Waals surface area contributed by atoms with Gasteiger partial charge in [-0.1, -0.05) is 90.4 Å². The molecule has 0 aromatic rings.